The molecule has 1 aromatic carbocycles. The maximum Gasteiger partial charge on any atom is 0.250 e. The lowest BCUT2D eigenvalue weighted by Crippen LogP contribution is -2.52. The number of nitrogens with one attached hydrogen (secondary N) is 1. The molecule has 1 amide bonds. The highest BCUT2D eigenvalue weighted by Crippen LogP contribution is 2.13. The third-order valence-corrected chi connectivity index (χ3v) is 4.67. The molecule has 7 heteroatoms. The number of piperazine rings is 1. The Labute approximate surface area is 164 Å². The Kier molecular flexibility index (Phi) is 6.38. The fraction of sp³-hybridized carbons (Fsp3) is 0.250. The quantitative estimate of drug-likeness (QED) is 0.647. The number of carbonyl (C=O) groups excluding carboxylic acids is 1. The zero-order chi connectivity index (χ0) is 19.1. The average Bonchev–Trinajstić information content (AvgIpc) is 2.73. The molecule has 2 aromatic rings. The number of hydrogen-bond acceptors (Lipinski definition) is 5. The minimum Gasteiger partial charge on any atom is -0.497 e. The summed E-state index contributed by atoms with van der Waals surface area (Å²) in [5.41, 5.74) is 0.917. The fourth-order valence-corrected chi connectivity index (χ4v) is 3.08. The van der Waals surface area contributed by atoms with Crippen LogP contribution < -0.4 is 15.0 Å². The molecular weight excluding hydrogens is 360 g/mol. The summed E-state index contributed by atoms with van der Waals surface area (Å²) in [6.07, 6.45) is 5.02. The third-order valence-electron chi connectivity index (χ3n) is 4.31. The molecule has 1 aromatic heterocycles. The van der Waals surface area contributed by atoms with Crippen LogP contribution in [0.15, 0.2) is 54.7 Å². The number of methoxy groups -OCH3 is 1. The Balaban J connectivity index is 1.47. The first-order valence-corrected chi connectivity index (χ1v) is 9.14. The van der Waals surface area contributed by atoms with E-state index in [9.17, 15) is 4.79 Å². The molecule has 0 bridgehead atoms. The predicted octanol–water partition coefficient (Wildman–Crippen LogP) is 2.33. The summed E-state index contributed by atoms with van der Waals surface area (Å²) >= 11 is 5.38. The minimum absolute atomic E-state index is 0.233. The lowest BCUT2D eigenvalue weighted by atomic mass is 10.2. The Bertz CT molecular complexity index is 800. The van der Waals surface area contributed by atoms with Crippen molar-refractivity contribution in [1.82, 2.24) is 15.2 Å². The molecule has 6 nitrogen and oxygen atoms in total. The van der Waals surface area contributed by atoms with Crippen molar-refractivity contribution in [3.05, 3.63) is 60.3 Å². The van der Waals surface area contributed by atoms with E-state index in [1.807, 2.05) is 47.4 Å². The number of ether oxygens (including phenoxy) is 1. The van der Waals surface area contributed by atoms with Gasteiger partial charge in [0.2, 0.25) is 5.91 Å². The topological polar surface area (TPSA) is 57.7 Å². The van der Waals surface area contributed by atoms with Gasteiger partial charge in [-0.25, -0.2) is 4.98 Å². The van der Waals surface area contributed by atoms with E-state index >= 15 is 0 Å². The van der Waals surface area contributed by atoms with Gasteiger partial charge in [-0.15, -0.1) is 0 Å². The highest BCUT2D eigenvalue weighted by atomic mass is 32.1. The van der Waals surface area contributed by atoms with E-state index in [4.69, 9.17) is 17.0 Å². The molecule has 2 heterocycles. The Morgan fingerprint density at radius 2 is 1.89 bits per heavy atom. The van der Waals surface area contributed by atoms with E-state index in [0.717, 1.165) is 43.3 Å². The molecule has 0 unspecified atom stereocenters. The van der Waals surface area contributed by atoms with E-state index in [1.54, 1.807) is 19.4 Å². The minimum atomic E-state index is -0.233. The number of carbonyl (C=O) groups is 1. The van der Waals surface area contributed by atoms with Crippen molar-refractivity contribution in [2.24, 2.45) is 0 Å². The lowest BCUT2D eigenvalue weighted by Gasteiger charge is -2.36. The summed E-state index contributed by atoms with van der Waals surface area (Å²) < 4.78 is 5.12. The van der Waals surface area contributed by atoms with Gasteiger partial charge in [0.25, 0.3) is 0 Å². The highest BCUT2D eigenvalue weighted by Gasteiger charge is 2.20. The van der Waals surface area contributed by atoms with Crippen LogP contribution >= 0.6 is 12.2 Å². The molecule has 1 N–H and O–H groups in total. The second-order valence-corrected chi connectivity index (χ2v) is 6.45. The van der Waals surface area contributed by atoms with Crippen molar-refractivity contribution in [3.63, 3.8) is 0 Å². The molecule has 0 radical (unpaired) electrons. The molecule has 0 saturated carbocycles. The number of benzene rings is 1. The van der Waals surface area contributed by atoms with Gasteiger partial charge in [-0.05, 0) is 48.1 Å². The number of anilines is 1. The lowest BCUT2D eigenvalue weighted by molar-refractivity contribution is -0.115. The second-order valence-electron chi connectivity index (χ2n) is 6.06. The number of nitrogens with zero attached hydrogens (tertiary/aromatic N) is 3. The van der Waals surface area contributed by atoms with E-state index < -0.39 is 0 Å². The molecule has 1 aliphatic heterocycles. The highest BCUT2D eigenvalue weighted by molar-refractivity contribution is 7.80. The van der Waals surface area contributed by atoms with Crippen LogP contribution in [0.4, 0.5) is 5.82 Å². The van der Waals surface area contributed by atoms with Crippen LogP contribution in [0.25, 0.3) is 6.08 Å². The summed E-state index contributed by atoms with van der Waals surface area (Å²) in [5.74, 6) is 1.51. The number of thiocarbonyl (C=S) groups is 1. The van der Waals surface area contributed by atoms with Crippen LogP contribution in [-0.2, 0) is 4.79 Å². The molecule has 0 atom stereocenters. The van der Waals surface area contributed by atoms with Gasteiger partial charge in [0, 0.05) is 38.5 Å². The van der Waals surface area contributed by atoms with Crippen molar-refractivity contribution in [2.75, 3.05) is 38.2 Å². The number of aromatic nitrogens is 1. The number of rotatable bonds is 4. The first-order valence-electron chi connectivity index (χ1n) is 8.74. The van der Waals surface area contributed by atoms with Crippen LogP contribution in [0, 0.1) is 0 Å². The van der Waals surface area contributed by atoms with Gasteiger partial charge in [-0.1, -0.05) is 18.2 Å². The van der Waals surface area contributed by atoms with Crippen molar-refractivity contribution >= 4 is 35.1 Å². The van der Waals surface area contributed by atoms with Crippen LogP contribution in [0.5, 0.6) is 5.75 Å². The van der Waals surface area contributed by atoms with Gasteiger partial charge in [-0.3, -0.25) is 10.1 Å². The summed E-state index contributed by atoms with van der Waals surface area (Å²) in [6, 6.07) is 13.4. The van der Waals surface area contributed by atoms with Gasteiger partial charge in [-0.2, -0.15) is 0 Å². The van der Waals surface area contributed by atoms with Crippen molar-refractivity contribution in [3.8, 4) is 5.75 Å². The molecule has 3 rings (SSSR count). The van der Waals surface area contributed by atoms with Gasteiger partial charge in [0.15, 0.2) is 5.11 Å². The summed E-state index contributed by atoms with van der Waals surface area (Å²) in [6.45, 7) is 3.12. The molecule has 1 aliphatic rings. The molecule has 27 heavy (non-hydrogen) atoms. The van der Waals surface area contributed by atoms with Gasteiger partial charge >= 0.3 is 0 Å². The monoisotopic (exact) mass is 382 g/mol. The first-order chi connectivity index (χ1) is 13.2. The van der Waals surface area contributed by atoms with Crippen molar-refractivity contribution < 1.29 is 9.53 Å². The van der Waals surface area contributed by atoms with Crippen LogP contribution in [-0.4, -0.2) is 54.2 Å². The van der Waals surface area contributed by atoms with Crippen LogP contribution in [0.2, 0.25) is 0 Å². The van der Waals surface area contributed by atoms with E-state index in [1.165, 1.54) is 6.08 Å². The number of amides is 1. The fourth-order valence-electron chi connectivity index (χ4n) is 2.79. The maximum atomic E-state index is 12.1. The molecule has 140 valence electrons. The zero-order valence-electron chi connectivity index (χ0n) is 15.2. The molecule has 1 fully saturated rings. The van der Waals surface area contributed by atoms with Gasteiger partial charge in [0.05, 0.1) is 7.11 Å². The summed E-state index contributed by atoms with van der Waals surface area (Å²) in [7, 11) is 1.62. The third kappa shape index (κ3) is 5.27. The second kappa shape index (κ2) is 9.14. The standard InChI is InChI=1S/C20H22N4O2S/c1-26-17-8-5-16(6-9-17)7-10-19(25)22-20(27)24-14-12-23(13-15-24)18-4-2-3-11-21-18/h2-11H,12-15H2,1H3,(H,22,25,27)/b10-7+. The normalized spacial score (nSPS) is 14.3. The smallest absolute Gasteiger partial charge is 0.250 e. The zero-order valence-corrected chi connectivity index (χ0v) is 16.0. The molecule has 0 spiro atoms. The maximum absolute atomic E-state index is 12.1. The number of pyridine rings is 1. The largest absolute Gasteiger partial charge is 0.497 e. The SMILES string of the molecule is COc1ccc(/C=C/C(=O)NC(=S)N2CCN(c3ccccn3)CC2)cc1. The van der Waals surface area contributed by atoms with E-state index in [0.29, 0.717) is 5.11 Å². The summed E-state index contributed by atoms with van der Waals surface area (Å²) in [4.78, 5) is 20.7. The molecule has 1 saturated heterocycles. The Hall–Kier alpha value is -2.93. The van der Waals surface area contributed by atoms with Gasteiger partial charge in [0.1, 0.15) is 11.6 Å². The molecular formula is C20H22N4O2S. The van der Waals surface area contributed by atoms with Crippen LogP contribution in [0.1, 0.15) is 5.56 Å². The summed E-state index contributed by atoms with van der Waals surface area (Å²) in [5, 5.41) is 3.23. The Morgan fingerprint density at radius 3 is 2.52 bits per heavy atom. The molecule has 0 aliphatic carbocycles. The van der Waals surface area contributed by atoms with Gasteiger partial charge < -0.3 is 14.5 Å². The van der Waals surface area contributed by atoms with E-state index in [-0.39, 0.29) is 5.91 Å². The van der Waals surface area contributed by atoms with E-state index in [2.05, 4.69) is 15.2 Å². The van der Waals surface area contributed by atoms with Crippen molar-refractivity contribution in [1.29, 1.82) is 0 Å². The Morgan fingerprint density at radius 1 is 1.15 bits per heavy atom. The number of hydrogen-bond donors (Lipinski definition) is 1. The van der Waals surface area contributed by atoms with Crippen molar-refractivity contribution in [2.45, 2.75) is 0 Å². The van der Waals surface area contributed by atoms with Crippen LogP contribution in [0.3, 0.4) is 0 Å². The predicted molar refractivity (Wildman–Crippen MR) is 111 cm³/mol. The first kappa shape index (κ1) is 18.8. The average molecular weight is 382 g/mol.